The number of nitrogens with zero attached hydrogens (tertiary/aromatic N) is 1. The fourth-order valence-corrected chi connectivity index (χ4v) is 3.20. The van der Waals surface area contributed by atoms with Crippen LogP contribution in [0.3, 0.4) is 0 Å². The van der Waals surface area contributed by atoms with E-state index < -0.39 is 0 Å². The van der Waals surface area contributed by atoms with Crippen molar-refractivity contribution in [3.63, 3.8) is 0 Å². The smallest absolute Gasteiger partial charge is 0.265 e. The Labute approximate surface area is 175 Å². The molecular formula is C24H22N2O4. The SMILES string of the molecule is Cc1ccc(OCC(=O)Nc2ccc3c(c2)OCC(=O)N3Cc2ccccc2)cc1. The Bertz CT molecular complexity index is 1050. The highest BCUT2D eigenvalue weighted by atomic mass is 16.5. The molecule has 0 unspecified atom stereocenters. The molecule has 2 amide bonds. The summed E-state index contributed by atoms with van der Waals surface area (Å²) in [6, 6.07) is 22.6. The third-order valence-electron chi connectivity index (χ3n) is 4.76. The van der Waals surface area contributed by atoms with Crippen molar-refractivity contribution in [2.75, 3.05) is 23.4 Å². The van der Waals surface area contributed by atoms with Crippen LogP contribution in [-0.2, 0) is 16.1 Å². The molecule has 1 heterocycles. The van der Waals surface area contributed by atoms with Crippen molar-refractivity contribution in [3.05, 3.63) is 83.9 Å². The second-order valence-electron chi connectivity index (χ2n) is 7.09. The van der Waals surface area contributed by atoms with E-state index in [9.17, 15) is 9.59 Å². The van der Waals surface area contributed by atoms with E-state index in [4.69, 9.17) is 9.47 Å². The minimum Gasteiger partial charge on any atom is -0.484 e. The molecule has 6 heteroatoms. The predicted molar refractivity (Wildman–Crippen MR) is 115 cm³/mol. The maximum atomic E-state index is 12.4. The number of rotatable bonds is 6. The van der Waals surface area contributed by atoms with Gasteiger partial charge in [-0.05, 0) is 36.8 Å². The van der Waals surface area contributed by atoms with E-state index in [1.54, 1.807) is 23.1 Å². The molecule has 1 N–H and O–H groups in total. The summed E-state index contributed by atoms with van der Waals surface area (Å²) in [5, 5.41) is 2.80. The van der Waals surface area contributed by atoms with Gasteiger partial charge in [0.15, 0.2) is 13.2 Å². The quantitative estimate of drug-likeness (QED) is 0.678. The zero-order valence-electron chi connectivity index (χ0n) is 16.6. The van der Waals surface area contributed by atoms with Crippen LogP contribution in [0.5, 0.6) is 11.5 Å². The fraction of sp³-hybridized carbons (Fsp3) is 0.167. The summed E-state index contributed by atoms with van der Waals surface area (Å²) in [4.78, 5) is 26.3. The van der Waals surface area contributed by atoms with Gasteiger partial charge in [0.1, 0.15) is 11.5 Å². The van der Waals surface area contributed by atoms with Crippen LogP contribution in [0.4, 0.5) is 11.4 Å². The minimum absolute atomic E-state index is 0.0340. The van der Waals surface area contributed by atoms with Crippen LogP contribution in [0.25, 0.3) is 0 Å². The van der Waals surface area contributed by atoms with E-state index >= 15 is 0 Å². The Morgan fingerprint density at radius 2 is 1.83 bits per heavy atom. The molecule has 152 valence electrons. The average molecular weight is 402 g/mol. The van der Waals surface area contributed by atoms with Crippen LogP contribution in [0, 0.1) is 6.92 Å². The van der Waals surface area contributed by atoms with Gasteiger partial charge in [0.2, 0.25) is 0 Å². The molecule has 3 aromatic rings. The largest absolute Gasteiger partial charge is 0.484 e. The highest BCUT2D eigenvalue weighted by molar-refractivity contribution is 5.99. The first kappa shape index (κ1) is 19.5. The number of anilines is 2. The number of aryl methyl sites for hydroxylation is 1. The van der Waals surface area contributed by atoms with Gasteiger partial charge < -0.3 is 19.7 Å². The molecule has 0 atom stereocenters. The molecule has 0 aliphatic carbocycles. The van der Waals surface area contributed by atoms with Crippen LogP contribution >= 0.6 is 0 Å². The fourth-order valence-electron chi connectivity index (χ4n) is 3.20. The topological polar surface area (TPSA) is 67.9 Å². The lowest BCUT2D eigenvalue weighted by Gasteiger charge is -2.29. The molecule has 3 aromatic carbocycles. The van der Waals surface area contributed by atoms with Crippen molar-refractivity contribution in [2.45, 2.75) is 13.5 Å². The maximum absolute atomic E-state index is 12.4. The van der Waals surface area contributed by atoms with Crippen molar-refractivity contribution in [2.24, 2.45) is 0 Å². The highest BCUT2D eigenvalue weighted by Crippen LogP contribution is 2.35. The zero-order chi connectivity index (χ0) is 20.9. The van der Waals surface area contributed by atoms with Gasteiger partial charge in [-0.25, -0.2) is 0 Å². The van der Waals surface area contributed by atoms with Crippen molar-refractivity contribution in [3.8, 4) is 11.5 Å². The predicted octanol–water partition coefficient (Wildman–Crippen LogP) is 3.94. The van der Waals surface area contributed by atoms with E-state index in [0.717, 1.165) is 11.1 Å². The van der Waals surface area contributed by atoms with Crippen molar-refractivity contribution in [1.29, 1.82) is 0 Å². The van der Waals surface area contributed by atoms with Gasteiger partial charge in [-0.2, -0.15) is 0 Å². The number of ether oxygens (including phenoxy) is 2. The lowest BCUT2D eigenvalue weighted by atomic mass is 10.1. The standard InChI is InChI=1S/C24H22N2O4/c1-17-7-10-20(11-8-17)29-15-23(27)25-19-9-12-21-22(13-19)30-16-24(28)26(21)14-18-5-3-2-4-6-18/h2-13H,14-16H2,1H3,(H,25,27). The molecular weight excluding hydrogens is 380 g/mol. The summed E-state index contributed by atoms with van der Waals surface area (Å²) >= 11 is 0. The van der Waals surface area contributed by atoms with Gasteiger partial charge in [-0.3, -0.25) is 9.59 Å². The summed E-state index contributed by atoms with van der Waals surface area (Å²) in [6.45, 7) is 2.32. The Balaban J connectivity index is 1.42. The Kier molecular flexibility index (Phi) is 5.66. The molecule has 0 radical (unpaired) electrons. The second kappa shape index (κ2) is 8.69. The number of fused-ring (bicyclic) bond motifs is 1. The molecule has 0 fully saturated rings. The monoisotopic (exact) mass is 402 g/mol. The Morgan fingerprint density at radius 3 is 2.60 bits per heavy atom. The van der Waals surface area contributed by atoms with Gasteiger partial charge in [-0.1, -0.05) is 48.0 Å². The second-order valence-corrected chi connectivity index (χ2v) is 7.09. The normalized spacial score (nSPS) is 12.7. The minimum atomic E-state index is -0.274. The van der Waals surface area contributed by atoms with Crippen molar-refractivity contribution < 1.29 is 19.1 Å². The number of carbonyl (C=O) groups is 2. The molecule has 0 bridgehead atoms. The Hall–Kier alpha value is -3.80. The molecule has 0 aromatic heterocycles. The average Bonchev–Trinajstić information content (AvgIpc) is 2.76. The molecule has 0 saturated heterocycles. The summed E-state index contributed by atoms with van der Waals surface area (Å²) in [5.41, 5.74) is 3.43. The van der Waals surface area contributed by atoms with Crippen molar-refractivity contribution >= 4 is 23.2 Å². The van der Waals surface area contributed by atoms with E-state index in [1.165, 1.54) is 0 Å². The number of hydrogen-bond donors (Lipinski definition) is 1. The first-order valence-electron chi connectivity index (χ1n) is 9.69. The molecule has 30 heavy (non-hydrogen) atoms. The number of amides is 2. The summed E-state index contributed by atoms with van der Waals surface area (Å²) in [7, 11) is 0. The molecule has 1 aliphatic rings. The zero-order valence-corrected chi connectivity index (χ0v) is 16.6. The van der Waals surface area contributed by atoms with Gasteiger partial charge in [0.05, 0.1) is 12.2 Å². The van der Waals surface area contributed by atoms with E-state index in [0.29, 0.717) is 29.4 Å². The highest BCUT2D eigenvalue weighted by Gasteiger charge is 2.26. The molecule has 0 saturated carbocycles. The maximum Gasteiger partial charge on any atom is 0.265 e. The number of carbonyl (C=O) groups excluding carboxylic acids is 2. The van der Waals surface area contributed by atoms with Crippen LogP contribution in [0.2, 0.25) is 0 Å². The van der Waals surface area contributed by atoms with Gasteiger partial charge in [-0.15, -0.1) is 0 Å². The summed E-state index contributed by atoms with van der Waals surface area (Å²) < 4.78 is 11.1. The van der Waals surface area contributed by atoms with Crippen LogP contribution < -0.4 is 19.7 Å². The van der Waals surface area contributed by atoms with E-state index in [2.05, 4.69) is 5.32 Å². The summed E-state index contributed by atoms with van der Waals surface area (Å²) in [6.07, 6.45) is 0. The van der Waals surface area contributed by atoms with Gasteiger partial charge >= 0.3 is 0 Å². The van der Waals surface area contributed by atoms with Crippen LogP contribution in [0.15, 0.2) is 72.8 Å². The lowest BCUT2D eigenvalue weighted by Crippen LogP contribution is -2.38. The third kappa shape index (κ3) is 4.60. The van der Waals surface area contributed by atoms with Gasteiger partial charge in [0, 0.05) is 11.8 Å². The van der Waals surface area contributed by atoms with E-state index in [1.807, 2.05) is 61.5 Å². The molecule has 1 aliphatic heterocycles. The van der Waals surface area contributed by atoms with E-state index in [-0.39, 0.29) is 25.0 Å². The molecule has 0 spiro atoms. The number of hydrogen-bond acceptors (Lipinski definition) is 4. The van der Waals surface area contributed by atoms with Crippen molar-refractivity contribution in [1.82, 2.24) is 0 Å². The third-order valence-corrected chi connectivity index (χ3v) is 4.76. The van der Waals surface area contributed by atoms with Crippen LogP contribution in [-0.4, -0.2) is 25.0 Å². The Morgan fingerprint density at radius 1 is 1.07 bits per heavy atom. The van der Waals surface area contributed by atoms with Gasteiger partial charge in [0.25, 0.3) is 11.8 Å². The first-order chi connectivity index (χ1) is 14.6. The lowest BCUT2D eigenvalue weighted by molar-refractivity contribution is -0.121. The number of nitrogens with one attached hydrogen (secondary N) is 1. The molecule has 4 rings (SSSR count). The molecule has 6 nitrogen and oxygen atoms in total. The summed E-state index contributed by atoms with van der Waals surface area (Å²) in [5.74, 6) is 0.820. The van der Waals surface area contributed by atoms with Crippen LogP contribution in [0.1, 0.15) is 11.1 Å². The number of benzene rings is 3. The first-order valence-corrected chi connectivity index (χ1v) is 9.69.